The molecule has 0 amide bonds. The number of aromatic nitrogens is 3. The summed E-state index contributed by atoms with van der Waals surface area (Å²) >= 11 is 6.12. The van der Waals surface area contributed by atoms with E-state index in [1.165, 1.54) is 0 Å². The molecule has 0 aliphatic heterocycles. The second kappa shape index (κ2) is 6.79. The average Bonchev–Trinajstić information content (AvgIpc) is 3.07. The molecule has 118 valence electrons. The predicted molar refractivity (Wildman–Crippen MR) is 91.0 cm³/mol. The molecule has 2 heterocycles. The number of para-hydroxylation sites is 1. The molecular formula is C17H17ClN4O. The summed E-state index contributed by atoms with van der Waals surface area (Å²) < 4.78 is 5.29. The van der Waals surface area contributed by atoms with Gasteiger partial charge in [0.05, 0.1) is 10.7 Å². The van der Waals surface area contributed by atoms with Gasteiger partial charge in [0.2, 0.25) is 11.7 Å². The molecule has 0 spiro atoms. The van der Waals surface area contributed by atoms with E-state index in [0.717, 1.165) is 17.7 Å². The number of nitrogens with one attached hydrogen (secondary N) is 1. The van der Waals surface area contributed by atoms with Gasteiger partial charge in [-0.15, -0.1) is 0 Å². The van der Waals surface area contributed by atoms with Crippen molar-refractivity contribution in [2.75, 3.05) is 5.32 Å². The highest BCUT2D eigenvalue weighted by Crippen LogP contribution is 2.25. The van der Waals surface area contributed by atoms with Crippen LogP contribution in [0.1, 0.15) is 32.1 Å². The lowest BCUT2D eigenvalue weighted by atomic mass is 10.1. The Kier molecular flexibility index (Phi) is 4.57. The normalized spacial score (nSPS) is 12.1. The van der Waals surface area contributed by atoms with Crippen LogP contribution in [0.25, 0.3) is 11.4 Å². The zero-order valence-corrected chi connectivity index (χ0v) is 13.7. The fourth-order valence-corrected chi connectivity index (χ4v) is 2.21. The van der Waals surface area contributed by atoms with Crippen molar-refractivity contribution in [2.24, 2.45) is 0 Å². The fraction of sp³-hybridized carbons (Fsp3) is 0.235. The Morgan fingerprint density at radius 2 is 2.04 bits per heavy atom. The Bertz CT molecular complexity index is 785. The fourth-order valence-electron chi connectivity index (χ4n) is 2.03. The van der Waals surface area contributed by atoms with E-state index in [1.54, 1.807) is 6.20 Å². The number of halogens is 1. The Morgan fingerprint density at radius 1 is 1.22 bits per heavy atom. The quantitative estimate of drug-likeness (QED) is 0.710. The summed E-state index contributed by atoms with van der Waals surface area (Å²) in [4.78, 5) is 8.79. The van der Waals surface area contributed by atoms with Gasteiger partial charge >= 0.3 is 0 Å². The van der Waals surface area contributed by atoms with Crippen molar-refractivity contribution in [2.45, 2.75) is 26.2 Å². The summed E-state index contributed by atoms with van der Waals surface area (Å²) in [5.41, 5.74) is 1.63. The van der Waals surface area contributed by atoms with Gasteiger partial charge in [-0.05, 0) is 30.7 Å². The van der Waals surface area contributed by atoms with Crippen LogP contribution in [0.3, 0.4) is 0 Å². The maximum atomic E-state index is 6.12. The smallest absolute Gasteiger partial charge is 0.229 e. The number of benzene rings is 1. The number of anilines is 2. The molecule has 3 rings (SSSR count). The van der Waals surface area contributed by atoms with Crippen molar-refractivity contribution in [1.29, 1.82) is 0 Å². The van der Waals surface area contributed by atoms with E-state index in [2.05, 4.69) is 34.3 Å². The van der Waals surface area contributed by atoms with Crippen LogP contribution in [0.2, 0.25) is 5.02 Å². The molecular weight excluding hydrogens is 312 g/mol. The van der Waals surface area contributed by atoms with Gasteiger partial charge in [-0.1, -0.05) is 42.7 Å². The largest absolute Gasteiger partial charge is 0.339 e. The number of hydrogen-bond donors (Lipinski definition) is 1. The predicted octanol–water partition coefficient (Wildman–Crippen LogP) is 5.04. The van der Waals surface area contributed by atoms with Gasteiger partial charge in [0, 0.05) is 17.7 Å². The zero-order chi connectivity index (χ0) is 16.2. The lowest BCUT2D eigenvalue weighted by molar-refractivity contribution is 0.357. The standard InChI is InChI=1S/C17H17ClN4O/c1-3-11(2)17-21-16(22-23-17)12-8-9-15(19-10-12)20-14-7-5-4-6-13(14)18/h4-11H,3H2,1-2H3,(H,19,20). The minimum Gasteiger partial charge on any atom is -0.339 e. The molecule has 1 N–H and O–H groups in total. The van der Waals surface area contributed by atoms with E-state index in [1.807, 2.05) is 36.4 Å². The first-order valence-corrected chi connectivity index (χ1v) is 7.86. The summed E-state index contributed by atoms with van der Waals surface area (Å²) in [6, 6.07) is 11.3. The summed E-state index contributed by atoms with van der Waals surface area (Å²) in [6.07, 6.45) is 2.67. The Morgan fingerprint density at radius 3 is 2.74 bits per heavy atom. The molecule has 0 saturated heterocycles. The molecule has 0 aliphatic carbocycles. The van der Waals surface area contributed by atoms with Gasteiger partial charge in [0.1, 0.15) is 5.82 Å². The highest BCUT2D eigenvalue weighted by atomic mass is 35.5. The maximum absolute atomic E-state index is 6.12. The minimum atomic E-state index is 0.255. The third-order valence-corrected chi connectivity index (χ3v) is 3.96. The SMILES string of the molecule is CCC(C)c1nc(-c2ccc(Nc3ccccc3Cl)nc2)no1. The lowest BCUT2D eigenvalue weighted by Gasteiger charge is -2.07. The van der Waals surface area contributed by atoms with Crippen molar-refractivity contribution < 1.29 is 4.52 Å². The average molecular weight is 329 g/mol. The van der Waals surface area contributed by atoms with E-state index >= 15 is 0 Å². The van der Waals surface area contributed by atoms with Gasteiger partial charge in [-0.2, -0.15) is 4.98 Å². The van der Waals surface area contributed by atoms with Crippen LogP contribution < -0.4 is 5.32 Å². The maximum Gasteiger partial charge on any atom is 0.229 e. The van der Waals surface area contributed by atoms with Gasteiger partial charge < -0.3 is 9.84 Å². The third kappa shape index (κ3) is 3.51. The first-order valence-electron chi connectivity index (χ1n) is 7.49. The van der Waals surface area contributed by atoms with Crippen molar-refractivity contribution in [1.82, 2.24) is 15.1 Å². The van der Waals surface area contributed by atoms with E-state index in [0.29, 0.717) is 22.6 Å². The van der Waals surface area contributed by atoms with Crippen molar-refractivity contribution in [3.05, 3.63) is 53.5 Å². The topological polar surface area (TPSA) is 63.8 Å². The van der Waals surface area contributed by atoms with Crippen molar-refractivity contribution in [3.63, 3.8) is 0 Å². The molecule has 0 bridgehead atoms. The second-order valence-electron chi connectivity index (χ2n) is 5.30. The van der Waals surface area contributed by atoms with Crippen LogP contribution in [-0.4, -0.2) is 15.1 Å². The Labute approximate surface area is 139 Å². The summed E-state index contributed by atoms with van der Waals surface area (Å²) in [5, 5.41) is 7.84. The van der Waals surface area contributed by atoms with Crippen LogP contribution in [0.4, 0.5) is 11.5 Å². The summed E-state index contributed by atoms with van der Waals surface area (Å²) in [7, 11) is 0. The highest BCUT2D eigenvalue weighted by Gasteiger charge is 2.13. The molecule has 0 radical (unpaired) electrons. The van der Waals surface area contributed by atoms with E-state index < -0.39 is 0 Å². The molecule has 6 heteroatoms. The van der Waals surface area contributed by atoms with Gasteiger partial charge in [0.15, 0.2) is 0 Å². The third-order valence-electron chi connectivity index (χ3n) is 3.63. The van der Waals surface area contributed by atoms with Crippen LogP contribution in [-0.2, 0) is 0 Å². The van der Waals surface area contributed by atoms with Crippen LogP contribution >= 0.6 is 11.6 Å². The second-order valence-corrected chi connectivity index (χ2v) is 5.71. The van der Waals surface area contributed by atoms with E-state index in [9.17, 15) is 0 Å². The molecule has 5 nitrogen and oxygen atoms in total. The Hall–Kier alpha value is -2.40. The molecule has 23 heavy (non-hydrogen) atoms. The summed E-state index contributed by atoms with van der Waals surface area (Å²) in [5.74, 6) is 2.16. The molecule has 2 aromatic heterocycles. The van der Waals surface area contributed by atoms with E-state index in [4.69, 9.17) is 16.1 Å². The molecule has 0 fully saturated rings. The van der Waals surface area contributed by atoms with Gasteiger partial charge in [-0.3, -0.25) is 0 Å². The number of hydrogen-bond acceptors (Lipinski definition) is 5. The highest BCUT2D eigenvalue weighted by molar-refractivity contribution is 6.33. The van der Waals surface area contributed by atoms with Crippen LogP contribution in [0.15, 0.2) is 47.1 Å². The molecule has 3 aromatic rings. The van der Waals surface area contributed by atoms with Crippen LogP contribution in [0, 0.1) is 0 Å². The van der Waals surface area contributed by atoms with Crippen molar-refractivity contribution in [3.8, 4) is 11.4 Å². The molecule has 0 saturated carbocycles. The first-order chi connectivity index (χ1) is 11.2. The molecule has 1 atom stereocenters. The van der Waals surface area contributed by atoms with E-state index in [-0.39, 0.29) is 5.92 Å². The molecule has 1 unspecified atom stereocenters. The first kappa shape index (κ1) is 15.5. The molecule has 0 aliphatic rings. The monoisotopic (exact) mass is 328 g/mol. The van der Waals surface area contributed by atoms with Gasteiger partial charge in [0.25, 0.3) is 0 Å². The minimum absolute atomic E-state index is 0.255. The lowest BCUT2D eigenvalue weighted by Crippen LogP contribution is -1.94. The molecule has 1 aromatic carbocycles. The number of nitrogens with zero attached hydrogens (tertiary/aromatic N) is 3. The number of rotatable bonds is 5. The van der Waals surface area contributed by atoms with Crippen LogP contribution in [0.5, 0.6) is 0 Å². The van der Waals surface area contributed by atoms with Crippen molar-refractivity contribution >= 4 is 23.1 Å². The zero-order valence-electron chi connectivity index (χ0n) is 13.0. The Balaban J connectivity index is 1.77. The number of pyridine rings is 1. The summed E-state index contributed by atoms with van der Waals surface area (Å²) in [6.45, 7) is 4.15. The van der Waals surface area contributed by atoms with Gasteiger partial charge in [-0.25, -0.2) is 4.98 Å².